The summed E-state index contributed by atoms with van der Waals surface area (Å²) in [5.74, 6) is 0.821. The van der Waals surface area contributed by atoms with Crippen molar-refractivity contribution in [2.75, 3.05) is 46.4 Å². The molecule has 1 fully saturated rings. The van der Waals surface area contributed by atoms with E-state index < -0.39 is 0 Å². The number of piperazine rings is 1. The molecule has 1 heterocycles. The largest absolute Gasteiger partial charge is 0.492 e. The zero-order valence-electron chi connectivity index (χ0n) is 11.3. The number of nitrogens with zero attached hydrogens (tertiary/aromatic N) is 2. The van der Waals surface area contributed by atoms with Gasteiger partial charge in [0.2, 0.25) is 0 Å². The fourth-order valence-corrected chi connectivity index (χ4v) is 2.50. The van der Waals surface area contributed by atoms with Crippen LogP contribution in [0.3, 0.4) is 0 Å². The summed E-state index contributed by atoms with van der Waals surface area (Å²) in [4.78, 5) is 4.77. The van der Waals surface area contributed by atoms with E-state index in [1.54, 1.807) is 0 Å². The predicted octanol–water partition coefficient (Wildman–Crippen LogP) is 1.57. The summed E-state index contributed by atoms with van der Waals surface area (Å²) in [5, 5.41) is 9.20. The molecule has 2 rings (SSSR count). The Labute approximate surface area is 123 Å². The van der Waals surface area contributed by atoms with Crippen LogP contribution in [0.15, 0.2) is 22.7 Å². The summed E-state index contributed by atoms with van der Waals surface area (Å²) in [6.07, 6.45) is 0. The smallest absolute Gasteiger partial charge is 0.119 e. The van der Waals surface area contributed by atoms with Gasteiger partial charge in [-0.3, -0.25) is 4.90 Å². The molecular formula is C14H21BrN2O2. The van der Waals surface area contributed by atoms with Crippen molar-refractivity contribution in [1.82, 2.24) is 9.80 Å². The maximum atomic E-state index is 9.20. The van der Waals surface area contributed by atoms with Gasteiger partial charge in [0.1, 0.15) is 12.4 Å². The third-order valence-corrected chi connectivity index (χ3v) is 4.23. The van der Waals surface area contributed by atoms with Gasteiger partial charge in [-0.25, -0.2) is 0 Å². The molecule has 1 N–H and O–H groups in total. The molecule has 0 amide bonds. The summed E-state index contributed by atoms with van der Waals surface area (Å²) in [6.45, 7) is 6.16. The number of aliphatic hydroxyl groups excluding tert-OH is 1. The molecule has 0 aromatic heterocycles. The second-order valence-corrected chi connectivity index (χ2v) is 5.76. The molecule has 0 bridgehead atoms. The lowest BCUT2D eigenvalue weighted by atomic mass is 10.2. The molecule has 106 valence electrons. The van der Waals surface area contributed by atoms with Crippen LogP contribution in [0.4, 0.5) is 0 Å². The van der Waals surface area contributed by atoms with Crippen molar-refractivity contribution in [3.63, 3.8) is 0 Å². The van der Waals surface area contributed by atoms with E-state index in [4.69, 9.17) is 4.74 Å². The molecule has 1 saturated heterocycles. The molecule has 19 heavy (non-hydrogen) atoms. The van der Waals surface area contributed by atoms with Crippen LogP contribution in [0, 0.1) is 0 Å². The summed E-state index contributed by atoms with van der Waals surface area (Å²) in [7, 11) is 2.16. The lowest BCUT2D eigenvalue weighted by Gasteiger charge is -2.32. The first-order valence-corrected chi connectivity index (χ1v) is 7.41. The molecule has 0 unspecified atom stereocenters. The van der Waals surface area contributed by atoms with Crippen LogP contribution in [0.25, 0.3) is 0 Å². The Morgan fingerprint density at radius 2 is 2.00 bits per heavy atom. The average molecular weight is 329 g/mol. The van der Waals surface area contributed by atoms with Gasteiger partial charge in [0.15, 0.2) is 0 Å². The van der Waals surface area contributed by atoms with Gasteiger partial charge < -0.3 is 14.7 Å². The number of halogens is 1. The highest BCUT2D eigenvalue weighted by Gasteiger charge is 2.13. The van der Waals surface area contributed by atoms with Gasteiger partial charge in [0, 0.05) is 37.2 Å². The molecule has 5 heteroatoms. The lowest BCUT2D eigenvalue weighted by Crippen LogP contribution is -2.45. The Morgan fingerprint density at radius 1 is 1.26 bits per heavy atom. The third-order valence-electron chi connectivity index (χ3n) is 3.46. The number of aliphatic hydroxyl groups is 1. The molecule has 0 saturated carbocycles. The number of benzene rings is 1. The highest BCUT2D eigenvalue weighted by Crippen LogP contribution is 2.22. The maximum absolute atomic E-state index is 9.20. The Hall–Kier alpha value is -0.620. The van der Waals surface area contributed by atoms with E-state index in [-0.39, 0.29) is 6.61 Å². The Balaban J connectivity index is 1.76. The first-order chi connectivity index (χ1) is 9.19. The fraction of sp³-hybridized carbons (Fsp3) is 0.571. The lowest BCUT2D eigenvalue weighted by molar-refractivity contribution is 0.133. The highest BCUT2D eigenvalue weighted by molar-refractivity contribution is 9.10. The fourth-order valence-electron chi connectivity index (χ4n) is 2.13. The second-order valence-electron chi connectivity index (χ2n) is 4.90. The molecular weight excluding hydrogens is 308 g/mol. The van der Waals surface area contributed by atoms with Crippen LogP contribution < -0.4 is 4.74 Å². The molecule has 0 aliphatic carbocycles. The molecule has 0 spiro atoms. The number of ether oxygens (including phenoxy) is 1. The van der Waals surface area contributed by atoms with Crippen molar-refractivity contribution in [2.45, 2.75) is 6.61 Å². The van der Waals surface area contributed by atoms with E-state index in [0.29, 0.717) is 6.61 Å². The first kappa shape index (κ1) is 14.8. The van der Waals surface area contributed by atoms with Gasteiger partial charge in [0.25, 0.3) is 0 Å². The number of hydrogen-bond donors (Lipinski definition) is 1. The van der Waals surface area contributed by atoms with Gasteiger partial charge in [-0.15, -0.1) is 0 Å². The third kappa shape index (κ3) is 4.45. The number of hydrogen-bond acceptors (Lipinski definition) is 4. The van der Waals surface area contributed by atoms with Gasteiger partial charge in [-0.1, -0.05) is 15.9 Å². The van der Waals surface area contributed by atoms with E-state index in [0.717, 1.165) is 48.5 Å². The molecule has 0 atom stereocenters. The summed E-state index contributed by atoms with van der Waals surface area (Å²) in [6, 6.07) is 5.72. The zero-order valence-corrected chi connectivity index (χ0v) is 12.9. The molecule has 1 aliphatic rings. The van der Waals surface area contributed by atoms with E-state index in [9.17, 15) is 5.11 Å². The molecule has 4 nitrogen and oxygen atoms in total. The monoisotopic (exact) mass is 328 g/mol. The van der Waals surface area contributed by atoms with Crippen molar-refractivity contribution in [3.8, 4) is 5.75 Å². The predicted molar refractivity (Wildman–Crippen MR) is 79.5 cm³/mol. The van der Waals surface area contributed by atoms with Crippen LogP contribution >= 0.6 is 15.9 Å². The Morgan fingerprint density at radius 3 is 2.68 bits per heavy atom. The molecule has 1 aliphatic heterocycles. The highest BCUT2D eigenvalue weighted by atomic mass is 79.9. The quantitative estimate of drug-likeness (QED) is 0.890. The van der Waals surface area contributed by atoms with Crippen LogP contribution in [0.5, 0.6) is 5.75 Å². The number of likely N-dealkylation sites (N-methyl/N-ethyl adjacent to an activating group) is 1. The average Bonchev–Trinajstić information content (AvgIpc) is 2.43. The van der Waals surface area contributed by atoms with Crippen LogP contribution in [0.1, 0.15) is 5.56 Å². The van der Waals surface area contributed by atoms with Crippen molar-refractivity contribution in [2.24, 2.45) is 0 Å². The van der Waals surface area contributed by atoms with Gasteiger partial charge in [-0.2, -0.15) is 0 Å². The van der Waals surface area contributed by atoms with Crippen molar-refractivity contribution < 1.29 is 9.84 Å². The zero-order chi connectivity index (χ0) is 13.7. The van der Waals surface area contributed by atoms with E-state index in [2.05, 4.69) is 32.8 Å². The Kier molecular flexibility index (Phi) is 5.63. The van der Waals surface area contributed by atoms with Gasteiger partial charge in [-0.05, 0) is 30.8 Å². The minimum absolute atomic E-state index is 0.0241. The topological polar surface area (TPSA) is 35.9 Å². The van der Waals surface area contributed by atoms with E-state index in [1.807, 2.05) is 18.2 Å². The summed E-state index contributed by atoms with van der Waals surface area (Å²) in [5.41, 5.74) is 0.858. The van der Waals surface area contributed by atoms with Gasteiger partial charge in [0.05, 0.1) is 6.61 Å². The van der Waals surface area contributed by atoms with Crippen molar-refractivity contribution in [1.29, 1.82) is 0 Å². The minimum Gasteiger partial charge on any atom is -0.492 e. The normalized spacial score (nSPS) is 17.6. The van der Waals surface area contributed by atoms with Crippen LogP contribution in [-0.2, 0) is 6.61 Å². The molecule has 0 radical (unpaired) electrons. The maximum Gasteiger partial charge on any atom is 0.119 e. The Bertz CT molecular complexity index is 406. The second kappa shape index (κ2) is 7.24. The SMILES string of the molecule is CN1CCN(CCOc2ccc(Br)c(CO)c2)CC1. The van der Waals surface area contributed by atoms with Crippen LogP contribution in [0.2, 0.25) is 0 Å². The standard InChI is InChI=1S/C14H21BrN2O2/c1-16-4-6-17(7-5-16)8-9-19-13-2-3-14(15)12(10-13)11-18/h2-3,10,18H,4-9,11H2,1H3. The minimum atomic E-state index is 0.0241. The summed E-state index contributed by atoms with van der Waals surface area (Å²) < 4.78 is 6.66. The summed E-state index contributed by atoms with van der Waals surface area (Å²) >= 11 is 3.40. The van der Waals surface area contributed by atoms with E-state index >= 15 is 0 Å². The van der Waals surface area contributed by atoms with Crippen molar-refractivity contribution in [3.05, 3.63) is 28.2 Å². The molecule has 1 aromatic rings. The molecule has 1 aromatic carbocycles. The first-order valence-electron chi connectivity index (χ1n) is 6.62. The van der Waals surface area contributed by atoms with Crippen LogP contribution in [-0.4, -0.2) is 61.3 Å². The number of rotatable bonds is 5. The van der Waals surface area contributed by atoms with E-state index in [1.165, 1.54) is 0 Å². The van der Waals surface area contributed by atoms with Crippen molar-refractivity contribution >= 4 is 15.9 Å². The van der Waals surface area contributed by atoms with Gasteiger partial charge >= 0.3 is 0 Å².